The standard InChI is InChI=1S/C22H30N4O3/c1-5-29-22(28)25(4)20-13-11-19(12-14-20)23-21(27)26(16-15-24(2)3)17-18-9-7-6-8-10-18/h6-14H,5,15-17H2,1-4H3,(H,23,27). The molecule has 0 saturated heterocycles. The lowest BCUT2D eigenvalue weighted by Crippen LogP contribution is -2.39. The van der Waals surface area contributed by atoms with Crippen molar-refractivity contribution in [2.45, 2.75) is 13.5 Å². The van der Waals surface area contributed by atoms with E-state index in [1.54, 1.807) is 43.1 Å². The Morgan fingerprint density at radius 2 is 1.59 bits per heavy atom. The van der Waals surface area contributed by atoms with Gasteiger partial charge < -0.3 is 19.9 Å². The van der Waals surface area contributed by atoms with E-state index in [1.165, 1.54) is 4.90 Å². The highest BCUT2D eigenvalue weighted by atomic mass is 16.6. The maximum absolute atomic E-state index is 12.9. The highest BCUT2D eigenvalue weighted by Crippen LogP contribution is 2.18. The van der Waals surface area contributed by atoms with Gasteiger partial charge in [-0.2, -0.15) is 0 Å². The van der Waals surface area contributed by atoms with Gasteiger partial charge in [0.15, 0.2) is 0 Å². The molecule has 2 aromatic rings. The quantitative estimate of drug-likeness (QED) is 0.733. The Morgan fingerprint density at radius 3 is 2.17 bits per heavy atom. The molecule has 1 N–H and O–H groups in total. The zero-order valence-corrected chi connectivity index (χ0v) is 17.6. The van der Waals surface area contributed by atoms with Crippen LogP contribution >= 0.6 is 0 Å². The second-order valence-corrected chi connectivity index (χ2v) is 6.95. The molecule has 2 rings (SSSR count). The minimum atomic E-state index is -0.415. The van der Waals surface area contributed by atoms with Gasteiger partial charge in [-0.1, -0.05) is 30.3 Å². The van der Waals surface area contributed by atoms with E-state index in [2.05, 4.69) is 5.32 Å². The third-order valence-corrected chi connectivity index (χ3v) is 4.37. The van der Waals surface area contributed by atoms with Gasteiger partial charge in [0.05, 0.1) is 6.61 Å². The van der Waals surface area contributed by atoms with Crippen LogP contribution in [0.4, 0.5) is 21.0 Å². The van der Waals surface area contributed by atoms with Crippen molar-refractivity contribution in [3.8, 4) is 0 Å². The summed E-state index contributed by atoms with van der Waals surface area (Å²) in [6, 6.07) is 16.8. The number of benzene rings is 2. The van der Waals surface area contributed by atoms with Crippen LogP contribution in [0.15, 0.2) is 54.6 Å². The van der Waals surface area contributed by atoms with Crippen LogP contribution in [0.5, 0.6) is 0 Å². The number of likely N-dealkylation sites (N-methyl/N-ethyl adjacent to an activating group) is 1. The van der Waals surface area contributed by atoms with Crippen molar-refractivity contribution in [3.63, 3.8) is 0 Å². The monoisotopic (exact) mass is 398 g/mol. The largest absolute Gasteiger partial charge is 0.449 e. The molecule has 0 fully saturated rings. The minimum absolute atomic E-state index is 0.165. The van der Waals surface area contributed by atoms with Gasteiger partial charge in [-0.25, -0.2) is 9.59 Å². The predicted octanol–water partition coefficient (Wildman–Crippen LogP) is 3.88. The summed E-state index contributed by atoms with van der Waals surface area (Å²) in [5.74, 6) is 0. The molecule has 0 aliphatic heterocycles. The van der Waals surface area contributed by atoms with Gasteiger partial charge in [0.25, 0.3) is 0 Å². The maximum atomic E-state index is 12.9. The average molecular weight is 399 g/mol. The molecule has 0 bridgehead atoms. The van der Waals surface area contributed by atoms with Gasteiger partial charge in [0.2, 0.25) is 0 Å². The summed E-state index contributed by atoms with van der Waals surface area (Å²) in [6.07, 6.45) is -0.415. The highest BCUT2D eigenvalue weighted by molar-refractivity contribution is 5.91. The summed E-state index contributed by atoms with van der Waals surface area (Å²) >= 11 is 0. The first-order valence-electron chi connectivity index (χ1n) is 9.65. The molecule has 0 aliphatic carbocycles. The summed E-state index contributed by atoms with van der Waals surface area (Å²) in [5, 5.41) is 2.94. The van der Waals surface area contributed by atoms with Gasteiger partial charge in [0.1, 0.15) is 0 Å². The Balaban J connectivity index is 2.04. The number of carbonyl (C=O) groups excluding carboxylic acids is 2. The molecule has 0 saturated carbocycles. The first-order chi connectivity index (χ1) is 13.9. The van der Waals surface area contributed by atoms with E-state index in [-0.39, 0.29) is 6.03 Å². The molecular weight excluding hydrogens is 368 g/mol. The topological polar surface area (TPSA) is 65.1 Å². The second-order valence-electron chi connectivity index (χ2n) is 6.95. The minimum Gasteiger partial charge on any atom is -0.449 e. The molecule has 7 nitrogen and oxygen atoms in total. The van der Waals surface area contributed by atoms with Crippen molar-refractivity contribution in [2.75, 3.05) is 51.1 Å². The van der Waals surface area contributed by atoms with Gasteiger partial charge in [-0.3, -0.25) is 4.90 Å². The highest BCUT2D eigenvalue weighted by Gasteiger charge is 2.15. The summed E-state index contributed by atoms with van der Waals surface area (Å²) in [5.41, 5.74) is 2.43. The number of hydrogen-bond donors (Lipinski definition) is 1. The van der Waals surface area contributed by atoms with Crippen LogP contribution in [0, 0.1) is 0 Å². The first-order valence-corrected chi connectivity index (χ1v) is 9.65. The smallest absolute Gasteiger partial charge is 0.413 e. The molecule has 0 atom stereocenters. The van der Waals surface area contributed by atoms with Crippen molar-refractivity contribution in [2.24, 2.45) is 0 Å². The van der Waals surface area contributed by atoms with Crippen LogP contribution < -0.4 is 10.2 Å². The maximum Gasteiger partial charge on any atom is 0.413 e. The Bertz CT molecular complexity index is 778. The molecule has 7 heteroatoms. The molecule has 2 aromatic carbocycles. The average Bonchev–Trinajstić information content (AvgIpc) is 2.71. The molecule has 3 amide bonds. The number of anilines is 2. The summed E-state index contributed by atoms with van der Waals surface area (Å²) in [4.78, 5) is 29.9. The lowest BCUT2D eigenvalue weighted by molar-refractivity contribution is 0.161. The molecule has 0 aliphatic rings. The van der Waals surface area contributed by atoms with Gasteiger partial charge >= 0.3 is 12.1 Å². The predicted molar refractivity (Wildman–Crippen MR) is 116 cm³/mol. The molecule has 0 unspecified atom stereocenters. The van der Waals surface area contributed by atoms with Crippen molar-refractivity contribution in [1.82, 2.24) is 9.80 Å². The fourth-order valence-corrected chi connectivity index (χ4v) is 2.67. The van der Waals surface area contributed by atoms with Crippen molar-refractivity contribution in [3.05, 3.63) is 60.2 Å². The number of rotatable bonds is 8. The third kappa shape index (κ3) is 7.12. The van der Waals surface area contributed by atoms with Crippen molar-refractivity contribution in [1.29, 1.82) is 0 Å². The number of carbonyl (C=O) groups is 2. The SMILES string of the molecule is CCOC(=O)N(C)c1ccc(NC(=O)N(CCN(C)C)Cc2ccccc2)cc1. The molecule has 29 heavy (non-hydrogen) atoms. The zero-order valence-electron chi connectivity index (χ0n) is 17.6. The van der Waals surface area contributed by atoms with Crippen LogP contribution in [-0.2, 0) is 11.3 Å². The molecule has 156 valence electrons. The summed E-state index contributed by atoms with van der Waals surface area (Å²) < 4.78 is 4.99. The Morgan fingerprint density at radius 1 is 0.931 bits per heavy atom. The van der Waals surface area contributed by atoms with E-state index in [0.717, 1.165) is 12.1 Å². The van der Waals surface area contributed by atoms with E-state index in [9.17, 15) is 9.59 Å². The Hall–Kier alpha value is -3.06. The van der Waals surface area contributed by atoms with E-state index >= 15 is 0 Å². The van der Waals surface area contributed by atoms with Gasteiger partial charge in [-0.05, 0) is 50.8 Å². The number of hydrogen-bond acceptors (Lipinski definition) is 4. The number of ether oxygens (including phenoxy) is 1. The van der Waals surface area contributed by atoms with Gasteiger partial charge in [-0.15, -0.1) is 0 Å². The fourth-order valence-electron chi connectivity index (χ4n) is 2.67. The molecule has 0 aromatic heterocycles. The van der Waals surface area contributed by atoms with Gasteiger partial charge in [0, 0.05) is 38.1 Å². The second kappa shape index (κ2) is 11.1. The number of nitrogens with one attached hydrogen (secondary N) is 1. The fraction of sp³-hybridized carbons (Fsp3) is 0.364. The van der Waals surface area contributed by atoms with Crippen LogP contribution in [-0.4, -0.2) is 62.8 Å². The van der Waals surface area contributed by atoms with Crippen LogP contribution in [0.2, 0.25) is 0 Å². The molecular formula is C22H30N4O3. The third-order valence-electron chi connectivity index (χ3n) is 4.37. The normalized spacial score (nSPS) is 10.5. The van der Waals surface area contributed by atoms with Crippen molar-refractivity contribution < 1.29 is 14.3 Å². The number of nitrogens with zero attached hydrogens (tertiary/aromatic N) is 3. The van der Waals surface area contributed by atoms with E-state index in [0.29, 0.717) is 31.1 Å². The van der Waals surface area contributed by atoms with Crippen LogP contribution in [0.3, 0.4) is 0 Å². The zero-order chi connectivity index (χ0) is 21.2. The Kier molecular flexibility index (Phi) is 8.48. The van der Waals surface area contributed by atoms with E-state index in [4.69, 9.17) is 4.74 Å². The lowest BCUT2D eigenvalue weighted by atomic mass is 10.2. The number of urea groups is 1. The molecule has 0 heterocycles. The van der Waals surface area contributed by atoms with Crippen molar-refractivity contribution >= 4 is 23.5 Å². The summed E-state index contributed by atoms with van der Waals surface area (Å²) in [6.45, 7) is 3.99. The van der Waals surface area contributed by atoms with Crippen LogP contribution in [0.1, 0.15) is 12.5 Å². The number of amides is 3. The molecule has 0 radical (unpaired) electrons. The summed E-state index contributed by atoms with van der Waals surface area (Å²) in [7, 11) is 5.61. The Labute approximate surface area is 172 Å². The molecule has 0 spiro atoms. The van der Waals surface area contributed by atoms with Crippen LogP contribution in [0.25, 0.3) is 0 Å². The van der Waals surface area contributed by atoms with E-state index in [1.807, 2.05) is 49.3 Å². The first kappa shape index (κ1) is 22.2. The van der Waals surface area contributed by atoms with E-state index < -0.39 is 6.09 Å². The lowest BCUT2D eigenvalue weighted by Gasteiger charge is -2.25.